The van der Waals surface area contributed by atoms with E-state index in [1.165, 1.54) is 12.1 Å². The Hall–Kier alpha value is -1.39. The lowest BCUT2D eigenvalue weighted by molar-refractivity contribution is 0.629. The number of nitrogen functional groups attached to an aromatic ring is 1. The number of nitrogens with one attached hydrogen (secondary N) is 1. The van der Waals surface area contributed by atoms with Gasteiger partial charge in [0, 0.05) is 11.5 Å². The standard InChI is InChI=1S/C11H12FN3.ClH/c1-2-7-5-8-3-4-9(12)6-10(8)14-11(7)15-13;/h3-6H,2,13H2,1H3,(H,14,15);1H. The molecule has 1 aromatic heterocycles. The zero-order valence-electron chi connectivity index (χ0n) is 8.83. The molecule has 86 valence electrons. The minimum Gasteiger partial charge on any atom is -0.308 e. The molecule has 0 spiro atoms. The van der Waals surface area contributed by atoms with Crippen LogP contribution in [0.25, 0.3) is 10.9 Å². The van der Waals surface area contributed by atoms with Gasteiger partial charge in [-0.3, -0.25) is 0 Å². The lowest BCUT2D eigenvalue weighted by Gasteiger charge is -2.07. The third-order valence-electron chi connectivity index (χ3n) is 2.38. The first-order chi connectivity index (χ1) is 7.24. The van der Waals surface area contributed by atoms with E-state index in [4.69, 9.17) is 5.84 Å². The summed E-state index contributed by atoms with van der Waals surface area (Å²) in [6.45, 7) is 2.02. The molecule has 0 radical (unpaired) electrons. The van der Waals surface area contributed by atoms with Crippen LogP contribution in [-0.2, 0) is 6.42 Å². The number of hydrazine groups is 1. The molecule has 3 nitrogen and oxygen atoms in total. The third-order valence-corrected chi connectivity index (χ3v) is 2.38. The van der Waals surface area contributed by atoms with Gasteiger partial charge in [0.2, 0.25) is 0 Å². The van der Waals surface area contributed by atoms with Crippen molar-refractivity contribution in [1.82, 2.24) is 4.98 Å². The zero-order chi connectivity index (χ0) is 10.8. The normalized spacial score (nSPS) is 9.94. The monoisotopic (exact) mass is 241 g/mol. The van der Waals surface area contributed by atoms with Gasteiger partial charge in [0.1, 0.15) is 11.6 Å². The Morgan fingerprint density at radius 2 is 2.12 bits per heavy atom. The zero-order valence-corrected chi connectivity index (χ0v) is 9.64. The maximum atomic E-state index is 13.0. The molecule has 0 aliphatic heterocycles. The van der Waals surface area contributed by atoms with Gasteiger partial charge in [-0.05, 0) is 30.2 Å². The fraction of sp³-hybridized carbons (Fsp3) is 0.182. The number of hydrogen-bond acceptors (Lipinski definition) is 3. The summed E-state index contributed by atoms with van der Waals surface area (Å²) >= 11 is 0. The Bertz CT molecular complexity index is 502. The van der Waals surface area contributed by atoms with Gasteiger partial charge in [-0.1, -0.05) is 6.92 Å². The highest BCUT2D eigenvalue weighted by molar-refractivity contribution is 5.85. The van der Waals surface area contributed by atoms with Gasteiger partial charge >= 0.3 is 0 Å². The summed E-state index contributed by atoms with van der Waals surface area (Å²) in [5.41, 5.74) is 4.16. The highest BCUT2D eigenvalue weighted by Gasteiger charge is 2.04. The number of fused-ring (bicyclic) bond motifs is 1. The Balaban J connectivity index is 0.00000128. The van der Waals surface area contributed by atoms with E-state index in [9.17, 15) is 4.39 Å². The second-order valence-electron chi connectivity index (χ2n) is 3.33. The lowest BCUT2D eigenvalue weighted by Crippen LogP contribution is -2.11. The van der Waals surface area contributed by atoms with Crippen molar-refractivity contribution < 1.29 is 4.39 Å². The van der Waals surface area contributed by atoms with Gasteiger partial charge in [0.15, 0.2) is 0 Å². The molecule has 0 fully saturated rings. The van der Waals surface area contributed by atoms with Crippen molar-refractivity contribution in [3.05, 3.63) is 35.6 Å². The van der Waals surface area contributed by atoms with Crippen LogP contribution in [0.4, 0.5) is 10.2 Å². The molecule has 0 bridgehead atoms. The molecule has 3 N–H and O–H groups in total. The number of hydrogen-bond donors (Lipinski definition) is 2. The maximum absolute atomic E-state index is 13.0. The highest BCUT2D eigenvalue weighted by Crippen LogP contribution is 2.20. The SMILES string of the molecule is CCc1cc2ccc(F)cc2nc1NN.Cl. The molecule has 16 heavy (non-hydrogen) atoms. The summed E-state index contributed by atoms with van der Waals surface area (Å²) in [7, 11) is 0. The van der Waals surface area contributed by atoms with E-state index in [0.29, 0.717) is 11.3 Å². The largest absolute Gasteiger partial charge is 0.308 e. The molecule has 0 saturated heterocycles. The molecule has 2 aromatic rings. The number of aromatic nitrogens is 1. The van der Waals surface area contributed by atoms with Gasteiger partial charge in [0.05, 0.1) is 5.52 Å². The first kappa shape index (κ1) is 12.7. The van der Waals surface area contributed by atoms with Crippen molar-refractivity contribution >= 4 is 29.1 Å². The summed E-state index contributed by atoms with van der Waals surface area (Å²) in [6.07, 6.45) is 0.833. The molecular formula is C11H13ClFN3. The van der Waals surface area contributed by atoms with Crippen molar-refractivity contribution in [2.75, 3.05) is 5.43 Å². The maximum Gasteiger partial charge on any atom is 0.143 e. The number of aryl methyl sites for hydroxylation is 1. The highest BCUT2D eigenvalue weighted by atomic mass is 35.5. The van der Waals surface area contributed by atoms with Gasteiger partial charge in [-0.15, -0.1) is 12.4 Å². The fourth-order valence-corrected chi connectivity index (χ4v) is 1.58. The summed E-state index contributed by atoms with van der Waals surface area (Å²) in [5.74, 6) is 5.67. The van der Waals surface area contributed by atoms with Gasteiger partial charge in [0.25, 0.3) is 0 Å². The van der Waals surface area contributed by atoms with E-state index in [-0.39, 0.29) is 18.2 Å². The minimum atomic E-state index is -0.290. The predicted octanol–water partition coefficient (Wildman–Crippen LogP) is 2.64. The molecule has 0 aliphatic carbocycles. The van der Waals surface area contributed by atoms with Crippen LogP contribution in [0.5, 0.6) is 0 Å². The smallest absolute Gasteiger partial charge is 0.143 e. The fourth-order valence-electron chi connectivity index (χ4n) is 1.58. The Labute approximate surface area is 99.2 Å². The van der Waals surface area contributed by atoms with E-state index >= 15 is 0 Å². The van der Waals surface area contributed by atoms with Crippen LogP contribution in [0.15, 0.2) is 24.3 Å². The quantitative estimate of drug-likeness (QED) is 0.628. The molecule has 1 heterocycles. The van der Waals surface area contributed by atoms with Gasteiger partial charge < -0.3 is 5.43 Å². The number of rotatable bonds is 2. The van der Waals surface area contributed by atoms with Gasteiger partial charge in [-0.2, -0.15) is 0 Å². The Morgan fingerprint density at radius 1 is 1.38 bits per heavy atom. The predicted molar refractivity (Wildman–Crippen MR) is 66.1 cm³/mol. The van der Waals surface area contributed by atoms with Crippen LogP contribution in [-0.4, -0.2) is 4.98 Å². The van der Waals surface area contributed by atoms with E-state index in [2.05, 4.69) is 10.4 Å². The van der Waals surface area contributed by atoms with Crippen LogP contribution in [0.1, 0.15) is 12.5 Å². The topological polar surface area (TPSA) is 50.9 Å². The van der Waals surface area contributed by atoms with Crippen LogP contribution in [0, 0.1) is 5.82 Å². The first-order valence-corrected chi connectivity index (χ1v) is 4.80. The van der Waals surface area contributed by atoms with Crippen molar-refractivity contribution in [3.8, 4) is 0 Å². The minimum absolute atomic E-state index is 0. The van der Waals surface area contributed by atoms with Crippen LogP contribution < -0.4 is 11.3 Å². The van der Waals surface area contributed by atoms with Crippen molar-refractivity contribution in [2.24, 2.45) is 5.84 Å². The Kier molecular flexibility index (Phi) is 4.04. The molecule has 0 saturated carbocycles. The number of benzene rings is 1. The molecule has 0 amide bonds. The second-order valence-corrected chi connectivity index (χ2v) is 3.33. The number of anilines is 1. The summed E-state index contributed by atoms with van der Waals surface area (Å²) in [5, 5.41) is 0.923. The number of halogens is 2. The molecule has 0 aliphatic rings. The van der Waals surface area contributed by atoms with Gasteiger partial charge in [-0.25, -0.2) is 15.2 Å². The van der Waals surface area contributed by atoms with Crippen molar-refractivity contribution in [3.63, 3.8) is 0 Å². The van der Waals surface area contributed by atoms with E-state index in [0.717, 1.165) is 17.4 Å². The van der Waals surface area contributed by atoms with E-state index < -0.39 is 0 Å². The second kappa shape index (κ2) is 5.09. The van der Waals surface area contributed by atoms with E-state index in [1.54, 1.807) is 6.07 Å². The molecule has 0 atom stereocenters. The molecule has 1 aromatic carbocycles. The number of nitrogens with two attached hydrogens (primary N) is 1. The number of pyridine rings is 1. The van der Waals surface area contributed by atoms with E-state index in [1.807, 2.05) is 13.0 Å². The summed E-state index contributed by atoms with van der Waals surface area (Å²) in [6, 6.07) is 6.52. The average molecular weight is 242 g/mol. The first-order valence-electron chi connectivity index (χ1n) is 4.80. The van der Waals surface area contributed by atoms with Crippen LogP contribution in [0.3, 0.4) is 0 Å². The van der Waals surface area contributed by atoms with Crippen molar-refractivity contribution in [2.45, 2.75) is 13.3 Å². The summed E-state index contributed by atoms with van der Waals surface area (Å²) < 4.78 is 13.0. The average Bonchev–Trinajstić information content (AvgIpc) is 2.27. The third kappa shape index (κ3) is 2.23. The van der Waals surface area contributed by atoms with Crippen molar-refractivity contribution in [1.29, 1.82) is 0 Å². The molecular weight excluding hydrogens is 229 g/mol. The molecule has 0 unspecified atom stereocenters. The molecule has 2 rings (SSSR count). The molecule has 5 heteroatoms. The summed E-state index contributed by atoms with van der Waals surface area (Å²) in [4.78, 5) is 4.25. The van der Waals surface area contributed by atoms with Crippen LogP contribution >= 0.6 is 12.4 Å². The number of nitrogens with zero attached hydrogens (tertiary/aromatic N) is 1. The Morgan fingerprint density at radius 3 is 2.75 bits per heavy atom. The van der Waals surface area contributed by atoms with Crippen LogP contribution in [0.2, 0.25) is 0 Å². The lowest BCUT2D eigenvalue weighted by atomic mass is 10.1.